The fourth-order valence-electron chi connectivity index (χ4n) is 2.34. The molecule has 0 spiro atoms. The molecule has 1 atom stereocenters. The highest BCUT2D eigenvalue weighted by Gasteiger charge is 2.08. The summed E-state index contributed by atoms with van der Waals surface area (Å²) in [7, 11) is 0. The van der Waals surface area contributed by atoms with Gasteiger partial charge in [-0.25, -0.2) is 0 Å². The molecule has 1 aromatic rings. The number of halogens is 1. The van der Waals surface area contributed by atoms with E-state index in [0.717, 1.165) is 10.8 Å². The van der Waals surface area contributed by atoms with Crippen molar-refractivity contribution < 1.29 is 0 Å². The molecule has 0 aliphatic carbocycles. The van der Waals surface area contributed by atoms with Crippen LogP contribution >= 0.6 is 22.9 Å². The maximum atomic E-state index is 6.16. The maximum absolute atomic E-state index is 6.16. The van der Waals surface area contributed by atoms with Crippen molar-refractivity contribution in [1.29, 1.82) is 0 Å². The highest BCUT2D eigenvalue weighted by atomic mass is 35.5. The molecule has 3 heteroatoms. The molecule has 2 N–H and O–H groups in total. The van der Waals surface area contributed by atoms with Crippen molar-refractivity contribution in [2.75, 3.05) is 0 Å². The Kier molecular flexibility index (Phi) is 9.58. The summed E-state index contributed by atoms with van der Waals surface area (Å²) >= 11 is 7.54. The van der Waals surface area contributed by atoms with Crippen LogP contribution in [-0.4, -0.2) is 0 Å². The summed E-state index contributed by atoms with van der Waals surface area (Å²) < 4.78 is 0.845. The van der Waals surface area contributed by atoms with E-state index < -0.39 is 0 Å². The smallest absolute Gasteiger partial charge is 0.0931 e. The van der Waals surface area contributed by atoms with E-state index in [1.165, 1.54) is 62.7 Å². The predicted molar refractivity (Wildman–Crippen MR) is 88.1 cm³/mol. The molecule has 1 aromatic heterocycles. The zero-order valence-electron chi connectivity index (χ0n) is 12.2. The molecule has 0 amide bonds. The minimum absolute atomic E-state index is 0.182. The summed E-state index contributed by atoms with van der Waals surface area (Å²) in [5.74, 6) is 0. The fourth-order valence-corrected chi connectivity index (χ4v) is 3.44. The van der Waals surface area contributed by atoms with Crippen molar-refractivity contribution in [3.05, 3.63) is 21.3 Å². The third-order valence-electron chi connectivity index (χ3n) is 3.58. The molecular weight excluding hydrogens is 274 g/mol. The molecule has 0 radical (unpaired) electrons. The van der Waals surface area contributed by atoms with E-state index in [9.17, 15) is 0 Å². The van der Waals surface area contributed by atoms with Crippen LogP contribution in [0.15, 0.2) is 12.1 Å². The lowest BCUT2D eigenvalue weighted by Gasteiger charge is -2.09. The standard InChI is InChI=1S/C16H28ClNS/c1-2-3-4-5-6-7-8-9-10-11-14(18)15-12-13-16(17)19-15/h12-14H,2-11,18H2,1H3. The fraction of sp³-hybridized carbons (Fsp3) is 0.750. The van der Waals surface area contributed by atoms with Gasteiger partial charge in [-0.1, -0.05) is 76.3 Å². The molecular formula is C16H28ClNS. The quantitative estimate of drug-likeness (QED) is 0.475. The normalized spacial score (nSPS) is 12.8. The summed E-state index contributed by atoms with van der Waals surface area (Å²) in [6, 6.07) is 4.19. The van der Waals surface area contributed by atoms with Gasteiger partial charge in [0.25, 0.3) is 0 Å². The van der Waals surface area contributed by atoms with Crippen molar-refractivity contribution in [2.45, 2.75) is 77.2 Å². The minimum atomic E-state index is 0.182. The van der Waals surface area contributed by atoms with Crippen LogP contribution in [0.5, 0.6) is 0 Å². The summed E-state index contributed by atoms with van der Waals surface area (Å²) in [5, 5.41) is 0. The van der Waals surface area contributed by atoms with E-state index in [4.69, 9.17) is 17.3 Å². The molecule has 1 heterocycles. The molecule has 0 aromatic carbocycles. The van der Waals surface area contributed by atoms with E-state index in [0.29, 0.717) is 0 Å². The average Bonchev–Trinajstić information content (AvgIpc) is 2.83. The average molecular weight is 302 g/mol. The van der Waals surface area contributed by atoms with Crippen molar-refractivity contribution in [3.8, 4) is 0 Å². The van der Waals surface area contributed by atoms with Crippen LogP contribution in [0.1, 0.15) is 82.1 Å². The number of hydrogen-bond donors (Lipinski definition) is 1. The van der Waals surface area contributed by atoms with Gasteiger partial charge in [0, 0.05) is 10.9 Å². The Labute approximate surface area is 127 Å². The Balaban J connectivity index is 1.93. The summed E-state index contributed by atoms with van der Waals surface area (Å²) in [5.41, 5.74) is 6.16. The van der Waals surface area contributed by atoms with Crippen LogP contribution in [0.4, 0.5) is 0 Å². The van der Waals surface area contributed by atoms with Gasteiger partial charge in [0.2, 0.25) is 0 Å². The molecule has 1 rings (SSSR count). The molecule has 1 unspecified atom stereocenters. The van der Waals surface area contributed by atoms with Crippen molar-refractivity contribution >= 4 is 22.9 Å². The van der Waals surface area contributed by atoms with Crippen molar-refractivity contribution in [1.82, 2.24) is 0 Å². The lowest BCUT2D eigenvalue weighted by atomic mass is 10.0. The Morgan fingerprint density at radius 2 is 1.58 bits per heavy atom. The van der Waals surface area contributed by atoms with Gasteiger partial charge in [-0.2, -0.15) is 0 Å². The molecule has 0 saturated heterocycles. The van der Waals surface area contributed by atoms with E-state index in [1.54, 1.807) is 11.3 Å². The van der Waals surface area contributed by atoms with E-state index in [-0.39, 0.29) is 6.04 Å². The second kappa shape index (κ2) is 10.7. The van der Waals surface area contributed by atoms with Gasteiger partial charge >= 0.3 is 0 Å². The zero-order valence-corrected chi connectivity index (χ0v) is 13.7. The van der Waals surface area contributed by atoms with Crippen LogP contribution in [0, 0.1) is 0 Å². The van der Waals surface area contributed by atoms with Crippen molar-refractivity contribution in [2.24, 2.45) is 5.73 Å². The van der Waals surface area contributed by atoms with Crippen LogP contribution in [-0.2, 0) is 0 Å². The monoisotopic (exact) mass is 301 g/mol. The summed E-state index contributed by atoms with van der Waals surface area (Å²) in [4.78, 5) is 1.23. The molecule has 0 bridgehead atoms. The van der Waals surface area contributed by atoms with Gasteiger partial charge in [-0.15, -0.1) is 11.3 Å². The van der Waals surface area contributed by atoms with E-state index in [1.807, 2.05) is 6.07 Å². The number of rotatable bonds is 11. The third-order valence-corrected chi connectivity index (χ3v) is 4.94. The van der Waals surface area contributed by atoms with Crippen LogP contribution in [0.3, 0.4) is 0 Å². The molecule has 0 fully saturated rings. The van der Waals surface area contributed by atoms with Crippen molar-refractivity contribution in [3.63, 3.8) is 0 Å². The topological polar surface area (TPSA) is 26.0 Å². The van der Waals surface area contributed by atoms with Gasteiger partial charge in [0.15, 0.2) is 0 Å². The van der Waals surface area contributed by atoms with Gasteiger partial charge in [0.1, 0.15) is 0 Å². The van der Waals surface area contributed by atoms with Crippen LogP contribution in [0.2, 0.25) is 4.34 Å². The van der Waals surface area contributed by atoms with Gasteiger partial charge in [0.05, 0.1) is 4.34 Å². The number of nitrogens with two attached hydrogens (primary N) is 1. The minimum Gasteiger partial charge on any atom is -0.323 e. The largest absolute Gasteiger partial charge is 0.323 e. The van der Waals surface area contributed by atoms with Gasteiger partial charge in [-0.3, -0.25) is 0 Å². The highest BCUT2D eigenvalue weighted by molar-refractivity contribution is 7.16. The highest BCUT2D eigenvalue weighted by Crippen LogP contribution is 2.28. The summed E-state index contributed by atoms with van der Waals surface area (Å²) in [6.45, 7) is 2.27. The Morgan fingerprint density at radius 3 is 2.11 bits per heavy atom. The maximum Gasteiger partial charge on any atom is 0.0931 e. The van der Waals surface area contributed by atoms with E-state index >= 15 is 0 Å². The molecule has 110 valence electrons. The number of hydrogen-bond acceptors (Lipinski definition) is 2. The van der Waals surface area contributed by atoms with Gasteiger partial charge < -0.3 is 5.73 Å². The second-order valence-corrected chi connectivity index (χ2v) is 7.11. The Morgan fingerprint density at radius 1 is 1.00 bits per heavy atom. The second-order valence-electron chi connectivity index (χ2n) is 5.37. The van der Waals surface area contributed by atoms with E-state index in [2.05, 4.69) is 13.0 Å². The van der Waals surface area contributed by atoms with Gasteiger partial charge in [-0.05, 0) is 18.6 Å². The van der Waals surface area contributed by atoms with Crippen LogP contribution < -0.4 is 5.73 Å². The lowest BCUT2D eigenvalue weighted by molar-refractivity contribution is 0.535. The predicted octanol–water partition coefficient (Wildman–Crippen LogP) is 6.32. The molecule has 19 heavy (non-hydrogen) atoms. The summed E-state index contributed by atoms with van der Waals surface area (Å²) in [6.07, 6.45) is 13.4. The molecule has 0 saturated carbocycles. The number of unbranched alkanes of at least 4 members (excludes halogenated alkanes) is 8. The first kappa shape index (κ1) is 17.0. The molecule has 0 aliphatic heterocycles. The first-order chi connectivity index (χ1) is 9.24. The Bertz CT molecular complexity index is 324. The third kappa shape index (κ3) is 7.96. The molecule has 0 aliphatic rings. The first-order valence-corrected chi connectivity index (χ1v) is 8.94. The SMILES string of the molecule is CCCCCCCCCCCC(N)c1ccc(Cl)s1. The first-order valence-electron chi connectivity index (χ1n) is 7.75. The van der Waals surface area contributed by atoms with Crippen LogP contribution in [0.25, 0.3) is 0 Å². The lowest BCUT2D eigenvalue weighted by Crippen LogP contribution is -2.07. The zero-order chi connectivity index (χ0) is 13.9. The number of thiophene rings is 1. The Hall–Kier alpha value is -0.0500. The molecule has 1 nitrogen and oxygen atoms in total.